The van der Waals surface area contributed by atoms with Gasteiger partial charge in [-0.05, 0) is 40.2 Å². The summed E-state index contributed by atoms with van der Waals surface area (Å²) in [6.07, 6.45) is 2.86. The lowest BCUT2D eigenvalue weighted by molar-refractivity contribution is 0.0696. The van der Waals surface area contributed by atoms with Crippen molar-refractivity contribution in [2.24, 2.45) is 0 Å². The molecule has 8 heteroatoms. The number of carboxylic acid groups (broad SMARTS) is 1. The Morgan fingerprint density at radius 3 is 2.70 bits per heavy atom. The summed E-state index contributed by atoms with van der Waals surface area (Å²) in [6, 6.07) is 5.44. The molecule has 2 rings (SSSR count). The number of benzene rings is 1. The van der Waals surface area contributed by atoms with E-state index in [9.17, 15) is 13.2 Å². The van der Waals surface area contributed by atoms with Crippen molar-refractivity contribution in [3.63, 3.8) is 0 Å². The highest BCUT2D eigenvalue weighted by atomic mass is 79.9. The van der Waals surface area contributed by atoms with Crippen molar-refractivity contribution < 1.29 is 22.7 Å². The zero-order chi connectivity index (χ0) is 14.8. The second-order valence-electron chi connectivity index (χ2n) is 3.91. The fraction of sp³-hybridized carbons (Fsp3) is 0.0833. The Labute approximate surface area is 123 Å². The van der Waals surface area contributed by atoms with Crippen LogP contribution >= 0.6 is 15.9 Å². The van der Waals surface area contributed by atoms with Crippen LogP contribution in [0.5, 0.6) is 0 Å². The molecule has 0 aliphatic rings. The predicted molar refractivity (Wildman–Crippen MR) is 73.8 cm³/mol. The molecule has 1 aromatic heterocycles. The molecule has 0 bridgehead atoms. The zero-order valence-corrected chi connectivity index (χ0v) is 12.4. The first-order chi connectivity index (χ1) is 9.40. The normalized spacial score (nSPS) is 11.4. The quantitative estimate of drug-likeness (QED) is 0.852. The van der Waals surface area contributed by atoms with Crippen molar-refractivity contribution in [1.82, 2.24) is 4.72 Å². The Bertz CT molecular complexity index is 724. The number of sulfonamides is 1. The highest BCUT2D eigenvalue weighted by Gasteiger charge is 2.19. The molecule has 0 fully saturated rings. The molecule has 2 N–H and O–H groups in total. The molecule has 0 atom stereocenters. The van der Waals surface area contributed by atoms with Crippen LogP contribution in [0.1, 0.15) is 15.9 Å². The molecule has 0 saturated carbocycles. The Morgan fingerprint density at radius 1 is 1.35 bits per heavy atom. The Hall–Kier alpha value is -1.64. The molecule has 6 nitrogen and oxygen atoms in total. The second-order valence-corrected chi connectivity index (χ2v) is 6.50. The van der Waals surface area contributed by atoms with Gasteiger partial charge in [-0.1, -0.05) is 0 Å². The Balaban J connectivity index is 2.28. The maximum absolute atomic E-state index is 12.2. The lowest BCUT2D eigenvalue weighted by Gasteiger charge is -2.08. The van der Waals surface area contributed by atoms with E-state index >= 15 is 0 Å². The van der Waals surface area contributed by atoms with E-state index < -0.39 is 16.0 Å². The summed E-state index contributed by atoms with van der Waals surface area (Å²) < 4.78 is 31.8. The van der Waals surface area contributed by atoms with Gasteiger partial charge in [-0.15, -0.1) is 0 Å². The smallest absolute Gasteiger partial charge is 0.335 e. The zero-order valence-electron chi connectivity index (χ0n) is 10.0. The molecule has 1 heterocycles. The molecular weight excluding hydrogens is 350 g/mol. The summed E-state index contributed by atoms with van der Waals surface area (Å²) in [5, 5.41) is 8.90. The molecule has 0 aliphatic heterocycles. The minimum absolute atomic E-state index is 0.0581. The maximum Gasteiger partial charge on any atom is 0.335 e. The number of nitrogens with one attached hydrogen (secondary N) is 1. The van der Waals surface area contributed by atoms with Crippen molar-refractivity contribution in [2.75, 3.05) is 0 Å². The lowest BCUT2D eigenvalue weighted by Crippen LogP contribution is -2.23. The summed E-state index contributed by atoms with van der Waals surface area (Å²) in [4.78, 5) is 10.8. The predicted octanol–water partition coefficient (Wildman–Crippen LogP) is 2.22. The number of halogens is 1. The Morgan fingerprint density at radius 2 is 2.10 bits per heavy atom. The van der Waals surface area contributed by atoms with Gasteiger partial charge in [0, 0.05) is 16.6 Å². The van der Waals surface area contributed by atoms with Crippen LogP contribution in [0.3, 0.4) is 0 Å². The number of carbonyl (C=O) groups is 1. The average Bonchev–Trinajstić information content (AvgIpc) is 2.89. The third-order valence-electron chi connectivity index (χ3n) is 2.51. The van der Waals surface area contributed by atoms with Gasteiger partial charge in [0.25, 0.3) is 0 Å². The van der Waals surface area contributed by atoms with Crippen molar-refractivity contribution in [3.05, 3.63) is 52.4 Å². The van der Waals surface area contributed by atoms with E-state index in [4.69, 9.17) is 9.52 Å². The standard InChI is InChI=1S/C12H10BrNO5S/c13-10-2-1-9(12(15)16)5-11(10)20(17,18)14-6-8-3-4-19-7-8/h1-5,7,14H,6H2,(H,15,16). The number of hydrogen-bond acceptors (Lipinski definition) is 4. The second kappa shape index (κ2) is 5.78. The van der Waals surface area contributed by atoms with Gasteiger partial charge in [0.2, 0.25) is 10.0 Å². The van der Waals surface area contributed by atoms with Crippen molar-refractivity contribution >= 4 is 31.9 Å². The van der Waals surface area contributed by atoms with Crippen molar-refractivity contribution in [3.8, 4) is 0 Å². The van der Waals surface area contributed by atoms with Gasteiger partial charge in [-0.3, -0.25) is 0 Å². The summed E-state index contributed by atoms with van der Waals surface area (Å²) in [5.41, 5.74) is 0.566. The van der Waals surface area contributed by atoms with E-state index in [0.717, 1.165) is 6.07 Å². The number of hydrogen-bond donors (Lipinski definition) is 2. The molecule has 0 amide bonds. The first-order valence-corrected chi connectivity index (χ1v) is 7.71. The van der Waals surface area contributed by atoms with Crippen LogP contribution in [0.2, 0.25) is 0 Å². The van der Waals surface area contributed by atoms with Crippen LogP contribution < -0.4 is 4.72 Å². The average molecular weight is 360 g/mol. The molecule has 0 unspecified atom stereocenters. The lowest BCUT2D eigenvalue weighted by atomic mass is 10.2. The monoisotopic (exact) mass is 359 g/mol. The largest absolute Gasteiger partial charge is 0.478 e. The van der Waals surface area contributed by atoms with Gasteiger partial charge >= 0.3 is 5.97 Å². The molecule has 0 radical (unpaired) electrons. The molecule has 0 aliphatic carbocycles. The van der Waals surface area contributed by atoms with Crippen LogP contribution in [0, 0.1) is 0 Å². The van der Waals surface area contributed by atoms with Crippen LogP contribution in [-0.4, -0.2) is 19.5 Å². The van der Waals surface area contributed by atoms with Gasteiger partial charge in [-0.2, -0.15) is 0 Å². The minimum Gasteiger partial charge on any atom is -0.478 e. The number of carboxylic acids is 1. The van der Waals surface area contributed by atoms with Gasteiger partial charge in [0.1, 0.15) is 0 Å². The summed E-state index contributed by atoms with van der Waals surface area (Å²) in [6.45, 7) is 0.0581. The number of aromatic carboxylic acids is 1. The van der Waals surface area contributed by atoms with Gasteiger partial charge in [-0.25, -0.2) is 17.9 Å². The van der Waals surface area contributed by atoms with E-state index in [0.29, 0.717) is 10.0 Å². The fourth-order valence-electron chi connectivity index (χ4n) is 1.49. The molecular formula is C12H10BrNO5S. The molecule has 106 valence electrons. The van der Waals surface area contributed by atoms with Gasteiger partial charge in [0.05, 0.1) is 23.0 Å². The SMILES string of the molecule is O=C(O)c1ccc(Br)c(S(=O)(=O)NCc2ccoc2)c1. The van der Waals surface area contributed by atoms with E-state index in [1.807, 2.05) is 0 Å². The third kappa shape index (κ3) is 3.27. The van der Waals surface area contributed by atoms with Crippen LogP contribution in [0.4, 0.5) is 0 Å². The van der Waals surface area contributed by atoms with Gasteiger partial charge in [0.15, 0.2) is 0 Å². The maximum atomic E-state index is 12.2. The van der Waals surface area contributed by atoms with Crippen LogP contribution in [0.15, 0.2) is 50.6 Å². The Kier molecular flexibility index (Phi) is 4.26. The third-order valence-corrected chi connectivity index (χ3v) is 4.91. The van der Waals surface area contributed by atoms with Crippen molar-refractivity contribution in [2.45, 2.75) is 11.4 Å². The van der Waals surface area contributed by atoms with E-state index in [1.165, 1.54) is 24.7 Å². The van der Waals surface area contributed by atoms with E-state index in [1.54, 1.807) is 6.07 Å². The van der Waals surface area contributed by atoms with Gasteiger partial charge < -0.3 is 9.52 Å². The first-order valence-electron chi connectivity index (χ1n) is 5.44. The van der Waals surface area contributed by atoms with Crippen LogP contribution in [0.25, 0.3) is 0 Å². The first kappa shape index (κ1) is 14.8. The van der Waals surface area contributed by atoms with Crippen molar-refractivity contribution in [1.29, 1.82) is 0 Å². The van der Waals surface area contributed by atoms with Crippen LogP contribution in [-0.2, 0) is 16.6 Å². The number of rotatable bonds is 5. The minimum atomic E-state index is -3.82. The fourth-order valence-corrected chi connectivity index (χ4v) is 3.50. The molecule has 0 saturated heterocycles. The highest BCUT2D eigenvalue weighted by Crippen LogP contribution is 2.23. The topological polar surface area (TPSA) is 96.6 Å². The highest BCUT2D eigenvalue weighted by molar-refractivity contribution is 9.10. The number of furan rings is 1. The summed E-state index contributed by atoms with van der Waals surface area (Å²) >= 11 is 3.10. The summed E-state index contributed by atoms with van der Waals surface area (Å²) in [7, 11) is -3.82. The molecule has 2 aromatic rings. The molecule has 1 aromatic carbocycles. The molecule has 20 heavy (non-hydrogen) atoms. The molecule has 0 spiro atoms. The van der Waals surface area contributed by atoms with E-state index in [2.05, 4.69) is 20.7 Å². The van der Waals surface area contributed by atoms with E-state index in [-0.39, 0.29) is 17.0 Å². The summed E-state index contributed by atoms with van der Waals surface area (Å²) in [5.74, 6) is -1.19.